The fourth-order valence-corrected chi connectivity index (χ4v) is 5.16. The second-order valence-corrected chi connectivity index (χ2v) is 8.37. The molecule has 5 rings (SSSR count). The van der Waals surface area contributed by atoms with Gasteiger partial charge in [-0.05, 0) is 68.3 Å². The Hall–Kier alpha value is -2.16. The van der Waals surface area contributed by atoms with Gasteiger partial charge in [-0.15, -0.1) is 5.10 Å². The molecule has 2 N–H and O–H groups in total. The Balaban J connectivity index is 1.41. The number of hydrogen-bond acceptors (Lipinski definition) is 4. The van der Waals surface area contributed by atoms with Gasteiger partial charge >= 0.3 is 6.18 Å². The normalized spacial score (nSPS) is 29.0. The molecule has 0 amide bonds. The Bertz CT molecular complexity index is 893. The minimum Gasteiger partial charge on any atom is -0.350 e. The standard InChI is InChI=1S/C20H23F4N5/c21-16-8-13(20(22,23)24)5-6-14(16)15-2-1-7-29-18(15)27-19(28-29)26-17-11-3-4-12(17)10-25-9-11/h5-6,8,11-12,15,17,25H,1-4,7,9-10H2,(H,26,28)/t11-,12+,15?,17?. The average Bonchev–Trinajstić information content (AvgIpc) is 3.17. The molecule has 5 nitrogen and oxygen atoms in total. The molecule has 2 fully saturated rings. The van der Waals surface area contributed by atoms with E-state index >= 15 is 0 Å². The highest BCUT2D eigenvalue weighted by molar-refractivity contribution is 5.36. The van der Waals surface area contributed by atoms with Gasteiger partial charge in [0.05, 0.1) is 5.56 Å². The third kappa shape index (κ3) is 3.39. The fraction of sp³-hybridized carbons (Fsp3) is 0.600. The average molecular weight is 409 g/mol. The van der Waals surface area contributed by atoms with Crippen LogP contribution in [0.15, 0.2) is 18.2 Å². The fourth-order valence-electron chi connectivity index (χ4n) is 5.16. The molecule has 4 atom stereocenters. The molecule has 1 saturated heterocycles. The lowest BCUT2D eigenvalue weighted by atomic mass is 9.90. The van der Waals surface area contributed by atoms with Crippen LogP contribution in [-0.4, -0.2) is 33.9 Å². The van der Waals surface area contributed by atoms with Crippen LogP contribution in [-0.2, 0) is 12.7 Å². The lowest BCUT2D eigenvalue weighted by Crippen LogP contribution is -2.45. The summed E-state index contributed by atoms with van der Waals surface area (Å²) in [6.07, 6.45) is -0.777. The lowest BCUT2D eigenvalue weighted by Gasteiger charge is -2.31. The molecule has 9 heteroatoms. The molecule has 2 aliphatic heterocycles. The zero-order valence-corrected chi connectivity index (χ0v) is 15.8. The van der Waals surface area contributed by atoms with Gasteiger partial charge in [0.2, 0.25) is 5.95 Å². The van der Waals surface area contributed by atoms with E-state index < -0.39 is 17.6 Å². The molecule has 0 radical (unpaired) electrons. The van der Waals surface area contributed by atoms with Crippen LogP contribution in [0.1, 0.15) is 48.6 Å². The predicted molar refractivity (Wildman–Crippen MR) is 99.0 cm³/mol. The molecule has 2 unspecified atom stereocenters. The maximum absolute atomic E-state index is 14.6. The molecule has 3 heterocycles. The van der Waals surface area contributed by atoms with Crippen LogP contribution in [0.25, 0.3) is 0 Å². The molecule has 2 aromatic rings. The molecule has 156 valence electrons. The lowest BCUT2D eigenvalue weighted by molar-refractivity contribution is -0.137. The van der Waals surface area contributed by atoms with Gasteiger partial charge in [0.25, 0.3) is 0 Å². The maximum atomic E-state index is 14.6. The minimum absolute atomic E-state index is 0.250. The summed E-state index contributed by atoms with van der Waals surface area (Å²) in [4.78, 5) is 4.64. The molecule has 2 bridgehead atoms. The summed E-state index contributed by atoms with van der Waals surface area (Å²) >= 11 is 0. The Morgan fingerprint density at radius 2 is 1.86 bits per heavy atom. The predicted octanol–water partition coefficient (Wildman–Crippen LogP) is 3.77. The van der Waals surface area contributed by atoms with Crippen molar-refractivity contribution in [3.8, 4) is 0 Å². The molecule has 1 aliphatic carbocycles. The summed E-state index contributed by atoms with van der Waals surface area (Å²) in [6, 6.07) is 3.10. The first kappa shape index (κ1) is 18.8. The van der Waals surface area contributed by atoms with Gasteiger partial charge in [-0.2, -0.15) is 18.2 Å². The highest BCUT2D eigenvalue weighted by Crippen LogP contribution is 2.38. The van der Waals surface area contributed by atoms with E-state index in [2.05, 4.69) is 20.7 Å². The van der Waals surface area contributed by atoms with Gasteiger partial charge in [0.15, 0.2) is 0 Å². The van der Waals surface area contributed by atoms with Crippen molar-refractivity contribution in [1.29, 1.82) is 0 Å². The number of rotatable bonds is 3. The number of fused-ring (bicyclic) bond motifs is 3. The van der Waals surface area contributed by atoms with E-state index in [1.807, 2.05) is 0 Å². The number of aryl methyl sites for hydroxylation is 1. The van der Waals surface area contributed by atoms with Gasteiger partial charge in [-0.1, -0.05) is 6.07 Å². The van der Waals surface area contributed by atoms with Crippen molar-refractivity contribution < 1.29 is 17.6 Å². The van der Waals surface area contributed by atoms with Gasteiger partial charge in [0.1, 0.15) is 11.6 Å². The number of nitrogens with zero attached hydrogens (tertiary/aromatic N) is 3. The number of halogens is 4. The highest BCUT2D eigenvalue weighted by atomic mass is 19.4. The summed E-state index contributed by atoms with van der Waals surface area (Å²) in [5.41, 5.74) is -0.723. The van der Waals surface area contributed by atoms with Crippen LogP contribution in [0.2, 0.25) is 0 Å². The molecular weight excluding hydrogens is 386 g/mol. The summed E-state index contributed by atoms with van der Waals surface area (Å²) < 4.78 is 55.0. The summed E-state index contributed by atoms with van der Waals surface area (Å²) in [6.45, 7) is 2.66. The number of aromatic nitrogens is 3. The van der Waals surface area contributed by atoms with Crippen LogP contribution < -0.4 is 10.6 Å². The largest absolute Gasteiger partial charge is 0.416 e. The van der Waals surface area contributed by atoms with E-state index in [4.69, 9.17) is 0 Å². The first-order chi connectivity index (χ1) is 13.9. The van der Waals surface area contributed by atoms with E-state index in [1.165, 1.54) is 18.9 Å². The maximum Gasteiger partial charge on any atom is 0.416 e. The molecule has 1 aromatic carbocycles. The van der Waals surface area contributed by atoms with E-state index in [0.717, 1.165) is 25.6 Å². The Labute approximate surface area is 165 Å². The van der Waals surface area contributed by atoms with Gasteiger partial charge in [-0.3, -0.25) is 0 Å². The van der Waals surface area contributed by atoms with Crippen molar-refractivity contribution in [2.75, 3.05) is 18.4 Å². The SMILES string of the molecule is Fc1cc(C(F)(F)F)ccc1C1CCCn2nc(NC3[C@@H]4CC[C@H]3CNC4)nc21. The Kier molecular flexibility index (Phi) is 4.53. The molecule has 29 heavy (non-hydrogen) atoms. The third-order valence-electron chi connectivity index (χ3n) is 6.61. The van der Waals surface area contributed by atoms with Crippen molar-refractivity contribution in [3.05, 3.63) is 41.0 Å². The van der Waals surface area contributed by atoms with Crippen LogP contribution >= 0.6 is 0 Å². The van der Waals surface area contributed by atoms with Crippen molar-refractivity contribution >= 4 is 5.95 Å². The minimum atomic E-state index is -4.56. The number of hydrogen-bond donors (Lipinski definition) is 2. The first-order valence-electron chi connectivity index (χ1n) is 10.2. The number of nitrogens with one attached hydrogen (secondary N) is 2. The first-order valence-corrected chi connectivity index (χ1v) is 10.2. The van der Waals surface area contributed by atoms with Crippen molar-refractivity contribution in [2.24, 2.45) is 11.8 Å². The molecule has 3 aliphatic rings. The zero-order chi connectivity index (χ0) is 20.2. The van der Waals surface area contributed by atoms with Gasteiger partial charge < -0.3 is 10.6 Å². The smallest absolute Gasteiger partial charge is 0.350 e. The van der Waals surface area contributed by atoms with Gasteiger partial charge in [0, 0.05) is 18.5 Å². The van der Waals surface area contributed by atoms with Crippen LogP contribution in [0.5, 0.6) is 0 Å². The van der Waals surface area contributed by atoms with Crippen molar-refractivity contribution in [1.82, 2.24) is 20.1 Å². The summed E-state index contributed by atoms with van der Waals surface area (Å²) in [5.74, 6) is 1.04. The van der Waals surface area contributed by atoms with Crippen molar-refractivity contribution in [3.63, 3.8) is 0 Å². The summed E-state index contributed by atoms with van der Waals surface area (Å²) in [5, 5.41) is 11.5. The topological polar surface area (TPSA) is 54.8 Å². The number of piperidine rings is 1. The number of anilines is 1. The van der Waals surface area contributed by atoms with Crippen molar-refractivity contribution in [2.45, 2.75) is 50.4 Å². The molecule has 0 spiro atoms. The van der Waals surface area contributed by atoms with Crippen LogP contribution in [0, 0.1) is 17.7 Å². The quantitative estimate of drug-likeness (QED) is 0.758. The molecular formula is C20H23F4N5. The van der Waals surface area contributed by atoms with Crippen LogP contribution in [0.3, 0.4) is 0 Å². The van der Waals surface area contributed by atoms with Crippen LogP contribution in [0.4, 0.5) is 23.5 Å². The van der Waals surface area contributed by atoms with E-state index in [0.29, 0.717) is 48.7 Å². The number of alkyl halides is 3. The third-order valence-corrected chi connectivity index (χ3v) is 6.61. The highest BCUT2D eigenvalue weighted by Gasteiger charge is 2.40. The Morgan fingerprint density at radius 1 is 1.10 bits per heavy atom. The summed E-state index contributed by atoms with van der Waals surface area (Å²) in [7, 11) is 0. The van der Waals surface area contributed by atoms with Gasteiger partial charge in [-0.25, -0.2) is 9.07 Å². The second kappa shape index (κ2) is 6.97. The second-order valence-electron chi connectivity index (χ2n) is 8.37. The molecule has 1 saturated carbocycles. The van der Waals surface area contributed by atoms with E-state index in [1.54, 1.807) is 4.68 Å². The molecule has 1 aromatic heterocycles. The zero-order valence-electron chi connectivity index (χ0n) is 15.8. The monoisotopic (exact) mass is 409 g/mol. The van der Waals surface area contributed by atoms with E-state index in [-0.39, 0.29) is 11.5 Å². The number of benzene rings is 1. The Morgan fingerprint density at radius 3 is 2.55 bits per heavy atom. The van der Waals surface area contributed by atoms with E-state index in [9.17, 15) is 17.6 Å².